The number of hydrogen-bond acceptors (Lipinski definition) is 6. The number of ether oxygens (including phenoxy) is 1. The van der Waals surface area contributed by atoms with E-state index in [-0.39, 0.29) is 12.4 Å². The van der Waals surface area contributed by atoms with E-state index in [4.69, 9.17) is 10.00 Å². The van der Waals surface area contributed by atoms with Gasteiger partial charge in [0.2, 0.25) is 10.0 Å². The zero-order valence-electron chi connectivity index (χ0n) is 15.6. The van der Waals surface area contributed by atoms with Crippen LogP contribution in [0.15, 0.2) is 24.3 Å². The summed E-state index contributed by atoms with van der Waals surface area (Å²) in [6.07, 6.45) is 0.444. The van der Waals surface area contributed by atoms with Crippen LogP contribution in [0.25, 0.3) is 0 Å². The van der Waals surface area contributed by atoms with Gasteiger partial charge in [-0.05, 0) is 49.4 Å². The minimum atomic E-state index is -3.12. The Balaban J connectivity index is 1.47. The van der Waals surface area contributed by atoms with Crippen LogP contribution < -0.4 is 4.74 Å². The maximum absolute atomic E-state index is 12.1. The van der Waals surface area contributed by atoms with Gasteiger partial charge in [-0.2, -0.15) is 5.26 Å². The lowest BCUT2D eigenvalue weighted by Crippen LogP contribution is -2.55. The molecule has 1 aromatic rings. The number of aliphatic hydroxyl groups excluding tert-OH is 1. The first-order chi connectivity index (χ1) is 12.9. The van der Waals surface area contributed by atoms with Gasteiger partial charge < -0.3 is 9.84 Å². The van der Waals surface area contributed by atoms with Gasteiger partial charge in [-0.3, -0.25) is 4.90 Å². The summed E-state index contributed by atoms with van der Waals surface area (Å²) >= 11 is 0. The van der Waals surface area contributed by atoms with E-state index < -0.39 is 16.1 Å². The summed E-state index contributed by atoms with van der Waals surface area (Å²) in [5, 5.41) is 19.1. The predicted molar refractivity (Wildman–Crippen MR) is 102 cm³/mol. The molecule has 2 fully saturated rings. The summed E-state index contributed by atoms with van der Waals surface area (Å²) in [7, 11) is -3.12. The topological polar surface area (TPSA) is 93.9 Å². The first-order valence-corrected chi connectivity index (χ1v) is 11.0. The van der Waals surface area contributed by atoms with Gasteiger partial charge in [-0.25, -0.2) is 12.7 Å². The minimum absolute atomic E-state index is 0.154. The van der Waals surface area contributed by atoms with Gasteiger partial charge in [0.25, 0.3) is 0 Å². The van der Waals surface area contributed by atoms with E-state index >= 15 is 0 Å². The van der Waals surface area contributed by atoms with E-state index in [0.717, 1.165) is 19.5 Å². The molecule has 0 radical (unpaired) electrons. The van der Waals surface area contributed by atoms with Crippen LogP contribution in [0, 0.1) is 23.2 Å². The van der Waals surface area contributed by atoms with E-state index in [1.165, 1.54) is 0 Å². The molecule has 7 nitrogen and oxygen atoms in total. The van der Waals surface area contributed by atoms with Crippen molar-refractivity contribution in [1.29, 1.82) is 5.26 Å². The molecule has 2 saturated heterocycles. The van der Waals surface area contributed by atoms with Gasteiger partial charge in [0, 0.05) is 32.7 Å². The Morgan fingerprint density at radius 1 is 1.22 bits per heavy atom. The fourth-order valence-electron chi connectivity index (χ4n) is 4.07. The molecule has 3 unspecified atom stereocenters. The molecular formula is C19H27N3O4S. The van der Waals surface area contributed by atoms with Gasteiger partial charge in [0.15, 0.2) is 0 Å². The van der Waals surface area contributed by atoms with Crippen molar-refractivity contribution in [3.63, 3.8) is 0 Å². The molecule has 0 saturated carbocycles. The minimum Gasteiger partial charge on any atom is -0.491 e. The van der Waals surface area contributed by atoms with E-state index in [1.54, 1.807) is 35.5 Å². The fourth-order valence-corrected chi connectivity index (χ4v) is 5.31. The standard InChI is InChI=1S/C19H27N3O4S/c1-2-27(24,25)22-11-16-7-17(12-22)10-21(9-16)13-18(23)14-26-19-5-3-15(8-20)4-6-19/h3-6,16-18,23H,2,7,9-14H2,1H3. The normalized spacial score (nSPS) is 24.9. The lowest BCUT2D eigenvalue weighted by Gasteiger charge is -2.45. The Hall–Kier alpha value is -1.66. The molecule has 2 aliphatic heterocycles. The number of sulfonamides is 1. The van der Waals surface area contributed by atoms with Crippen LogP contribution >= 0.6 is 0 Å². The highest BCUT2D eigenvalue weighted by molar-refractivity contribution is 7.89. The Kier molecular flexibility index (Phi) is 6.37. The summed E-state index contributed by atoms with van der Waals surface area (Å²) in [5.41, 5.74) is 0.571. The zero-order valence-corrected chi connectivity index (χ0v) is 16.4. The highest BCUT2D eigenvalue weighted by Crippen LogP contribution is 2.30. The summed E-state index contributed by atoms with van der Waals surface area (Å²) in [6, 6.07) is 8.87. The number of nitrogens with zero attached hydrogens (tertiary/aromatic N) is 3. The molecule has 2 bridgehead atoms. The molecule has 0 spiro atoms. The van der Waals surface area contributed by atoms with E-state index in [0.29, 0.717) is 42.8 Å². The fraction of sp³-hybridized carbons (Fsp3) is 0.632. The van der Waals surface area contributed by atoms with Gasteiger partial charge in [0.1, 0.15) is 18.5 Å². The van der Waals surface area contributed by atoms with Crippen molar-refractivity contribution in [3.05, 3.63) is 29.8 Å². The molecule has 0 aliphatic carbocycles. The Morgan fingerprint density at radius 3 is 2.41 bits per heavy atom. The Morgan fingerprint density at radius 2 is 1.85 bits per heavy atom. The third-order valence-corrected chi connectivity index (χ3v) is 7.09. The first-order valence-electron chi connectivity index (χ1n) is 9.40. The number of rotatable bonds is 7. The molecule has 1 aromatic carbocycles. The molecule has 2 heterocycles. The summed E-state index contributed by atoms with van der Waals surface area (Å²) < 4.78 is 31.5. The molecule has 148 valence electrons. The smallest absolute Gasteiger partial charge is 0.213 e. The molecule has 3 atom stereocenters. The van der Waals surface area contributed by atoms with Gasteiger partial charge >= 0.3 is 0 Å². The monoisotopic (exact) mass is 393 g/mol. The van der Waals surface area contributed by atoms with Crippen LogP contribution in [0.3, 0.4) is 0 Å². The largest absolute Gasteiger partial charge is 0.491 e. The third kappa shape index (κ3) is 5.20. The van der Waals surface area contributed by atoms with Crippen molar-refractivity contribution in [3.8, 4) is 11.8 Å². The molecule has 3 rings (SSSR count). The number of β-amino-alcohol motifs (C(OH)–C–C–N with tert-alkyl or cyclic N) is 1. The number of benzene rings is 1. The van der Waals surface area contributed by atoms with Crippen LogP contribution in [0.5, 0.6) is 5.75 Å². The summed E-state index contributed by atoms with van der Waals surface area (Å²) in [4.78, 5) is 2.22. The van der Waals surface area contributed by atoms with Crippen molar-refractivity contribution in [2.45, 2.75) is 19.4 Å². The second-order valence-electron chi connectivity index (χ2n) is 7.50. The number of nitriles is 1. The molecule has 8 heteroatoms. The molecule has 0 aromatic heterocycles. The molecular weight excluding hydrogens is 366 g/mol. The van der Waals surface area contributed by atoms with Crippen molar-refractivity contribution in [1.82, 2.24) is 9.21 Å². The van der Waals surface area contributed by atoms with Gasteiger partial charge in [0.05, 0.1) is 17.4 Å². The van der Waals surface area contributed by atoms with Gasteiger partial charge in [-0.15, -0.1) is 0 Å². The first kappa shape index (κ1) is 20.1. The maximum atomic E-state index is 12.1. The average Bonchev–Trinajstić information content (AvgIpc) is 2.66. The molecule has 2 aliphatic rings. The second kappa shape index (κ2) is 8.57. The number of fused-ring (bicyclic) bond motifs is 2. The maximum Gasteiger partial charge on any atom is 0.213 e. The molecule has 1 N–H and O–H groups in total. The van der Waals surface area contributed by atoms with Crippen molar-refractivity contribution >= 4 is 10.0 Å². The number of hydrogen-bond donors (Lipinski definition) is 1. The quantitative estimate of drug-likeness (QED) is 0.740. The van der Waals surface area contributed by atoms with Crippen LogP contribution in [-0.4, -0.2) is 73.9 Å². The third-order valence-electron chi connectivity index (χ3n) is 5.28. The van der Waals surface area contributed by atoms with Crippen LogP contribution in [0.1, 0.15) is 18.9 Å². The van der Waals surface area contributed by atoms with E-state index in [1.807, 2.05) is 0 Å². The van der Waals surface area contributed by atoms with E-state index in [9.17, 15) is 13.5 Å². The van der Waals surface area contributed by atoms with Gasteiger partial charge in [-0.1, -0.05) is 0 Å². The highest BCUT2D eigenvalue weighted by atomic mass is 32.2. The Labute approximate surface area is 161 Å². The van der Waals surface area contributed by atoms with Crippen molar-refractivity contribution in [2.75, 3.05) is 45.1 Å². The lowest BCUT2D eigenvalue weighted by molar-refractivity contribution is 0.0168. The Bertz CT molecular complexity index is 761. The SMILES string of the molecule is CCS(=O)(=O)N1CC2CC(CN(CC(O)COc3ccc(C#N)cc3)C2)C1. The summed E-state index contributed by atoms with van der Waals surface area (Å²) in [6.45, 7) is 5.18. The van der Waals surface area contributed by atoms with Crippen LogP contribution in [0.4, 0.5) is 0 Å². The van der Waals surface area contributed by atoms with E-state index in [2.05, 4.69) is 11.0 Å². The number of aliphatic hydroxyl groups is 1. The molecule has 0 amide bonds. The second-order valence-corrected chi connectivity index (χ2v) is 9.76. The lowest BCUT2D eigenvalue weighted by atomic mass is 9.85. The van der Waals surface area contributed by atoms with Crippen LogP contribution in [0.2, 0.25) is 0 Å². The average molecular weight is 394 g/mol. The van der Waals surface area contributed by atoms with Crippen molar-refractivity contribution in [2.24, 2.45) is 11.8 Å². The number of likely N-dealkylation sites (tertiary alicyclic amines) is 1. The number of piperidine rings is 2. The highest BCUT2D eigenvalue weighted by Gasteiger charge is 2.38. The zero-order chi connectivity index (χ0) is 19.4. The predicted octanol–water partition coefficient (Wildman–Crippen LogP) is 0.901. The van der Waals surface area contributed by atoms with Crippen molar-refractivity contribution < 1.29 is 18.3 Å². The summed E-state index contributed by atoms with van der Waals surface area (Å²) in [5.74, 6) is 1.43. The molecule has 27 heavy (non-hydrogen) atoms. The van der Waals surface area contributed by atoms with Crippen LogP contribution in [-0.2, 0) is 10.0 Å².